The number of thioether (sulfide) groups is 1. The van der Waals surface area contributed by atoms with E-state index in [0.717, 1.165) is 6.54 Å². The van der Waals surface area contributed by atoms with Crippen molar-refractivity contribution in [2.75, 3.05) is 11.6 Å². The van der Waals surface area contributed by atoms with E-state index in [1.54, 1.807) is 23.1 Å². The minimum absolute atomic E-state index is 0.894. The van der Waals surface area contributed by atoms with E-state index in [2.05, 4.69) is 52.7 Å². The van der Waals surface area contributed by atoms with Crippen molar-refractivity contribution in [2.24, 2.45) is 0 Å². The highest BCUT2D eigenvalue weighted by Crippen LogP contribution is 2.16. The van der Waals surface area contributed by atoms with Crippen LogP contribution < -0.4 is 5.32 Å². The van der Waals surface area contributed by atoms with E-state index < -0.39 is 0 Å². The Balaban J connectivity index is 1.93. The van der Waals surface area contributed by atoms with Crippen LogP contribution in [0.25, 0.3) is 0 Å². The molecule has 0 bridgehead atoms. The van der Waals surface area contributed by atoms with Gasteiger partial charge >= 0.3 is 0 Å². The number of anilines is 1. The quantitative estimate of drug-likeness (QED) is 0.801. The standard InChI is InChI=1S/C12H13NS2/c1-14-12-4-2-10(3-5-12)8-13-11-6-7-15-9-11/h2-7,9,13H,8H2,1H3. The Hall–Kier alpha value is -0.930. The van der Waals surface area contributed by atoms with Crippen LogP contribution in [0.4, 0.5) is 5.69 Å². The molecular weight excluding hydrogens is 222 g/mol. The van der Waals surface area contributed by atoms with Gasteiger partial charge in [0.2, 0.25) is 0 Å². The molecule has 0 unspecified atom stereocenters. The number of nitrogens with one attached hydrogen (secondary N) is 1. The van der Waals surface area contributed by atoms with Gasteiger partial charge in [0, 0.05) is 22.5 Å². The predicted molar refractivity (Wildman–Crippen MR) is 69.9 cm³/mol. The first kappa shape index (κ1) is 10.6. The van der Waals surface area contributed by atoms with Gasteiger partial charge < -0.3 is 5.32 Å². The zero-order chi connectivity index (χ0) is 10.5. The van der Waals surface area contributed by atoms with Crippen molar-refractivity contribution in [3.8, 4) is 0 Å². The fourth-order valence-electron chi connectivity index (χ4n) is 1.31. The topological polar surface area (TPSA) is 12.0 Å². The Morgan fingerprint density at radius 1 is 1.20 bits per heavy atom. The van der Waals surface area contributed by atoms with E-state index in [9.17, 15) is 0 Å². The number of hydrogen-bond donors (Lipinski definition) is 1. The van der Waals surface area contributed by atoms with Gasteiger partial charge in [-0.1, -0.05) is 12.1 Å². The van der Waals surface area contributed by atoms with E-state index >= 15 is 0 Å². The second-order valence-corrected chi connectivity index (χ2v) is 4.87. The normalized spacial score (nSPS) is 10.2. The molecule has 2 rings (SSSR count). The van der Waals surface area contributed by atoms with Crippen LogP contribution in [0.5, 0.6) is 0 Å². The Kier molecular flexibility index (Phi) is 3.69. The van der Waals surface area contributed by atoms with Crippen LogP contribution >= 0.6 is 23.1 Å². The number of rotatable bonds is 4. The van der Waals surface area contributed by atoms with E-state index in [-0.39, 0.29) is 0 Å². The van der Waals surface area contributed by atoms with E-state index in [0.29, 0.717) is 0 Å². The van der Waals surface area contributed by atoms with Crippen molar-refractivity contribution in [1.82, 2.24) is 0 Å². The van der Waals surface area contributed by atoms with Gasteiger partial charge in [-0.05, 0) is 35.4 Å². The molecular formula is C12H13NS2. The van der Waals surface area contributed by atoms with Crippen molar-refractivity contribution in [1.29, 1.82) is 0 Å². The minimum atomic E-state index is 0.894. The molecule has 1 nitrogen and oxygen atoms in total. The Labute approximate surface area is 98.5 Å². The molecule has 0 atom stereocenters. The molecule has 3 heteroatoms. The zero-order valence-corrected chi connectivity index (χ0v) is 10.2. The van der Waals surface area contributed by atoms with Gasteiger partial charge in [0.05, 0.1) is 0 Å². The zero-order valence-electron chi connectivity index (χ0n) is 8.57. The highest BCUT2D eigenvalue weighted by Gasteiger charge is 1.94. The summed E-state index contributed by atoms with van der Waals surface area (Å²) in [5, 5.41) is 7.59. The third kappa shape index (κ3) is 3.01. The molecule has 1 heterocycles. The summed E-state index contributed by atoms with van der Waals surface area (Å²) < 4.78 is 0. The van der Waals surface area contributed by atoms with Crippen molar-refractivity contribution < 1.29 is 0 Å². The third-order valence-corrected chi connectivity index (χ3v) is 3.60. The van der Waals surface area contributed by atoms with Crippen LogP contribution in [0.3, 0.4) is 0 Å². The van der Waals surface area contributed by atoms with Gasteiger partial charge in [0.25, 0.3) is 0 Å². The van der Waals surface area contributed by atoms with Gasteiger partial charge in [-0.15, -0.1) is 11.8 Å². The summed E-state index contributed by atoms with van der Waals surface area (Å²) in [5.74, 6) is 0. The monoisotopic (exact) mass is 235 g/mol. The van der Waals surface area contributed by atoms with Gasteiger partial charge in [0.15, 0.2) is 0 Å². The van der Waals surface area contributed by atoms with Crippen molar-refractivity contribution in [3.05, 3.63) is 46.7 Å². The van der Waals surface area contributed by atoms with Crippen LogP contribution in [0.1, 0.15) is 5.56 Å². The summed E-state index contributed by atoms with van der Waals surface area (Å²) in [6.07, 6.45) is 2.10. The molecule has 0 amide bonds. The van der Waals surface area contributed by atoms with Gasteiger partial charge in [-0.25, -0.2) is 0 Å². The lowest BCUT2D eigenvalue weighted by Gasteiger charge is -2.04. The highest BCUT2D eigenvalue weighted by atomic mass is 32.2. The molecule has 78 valence electrons. The molecule has 0 radical (unpaired) electrons. The average Bonchev–Trinajstić information content (AvgIpc) is 2.80. The van der Waals surface area contributed by atoms with E-state index in [4.69, 9.17) is 0 Å². The first-order valence-electron chi connectivity index (χ1n) is 4.77. The number of thiophene rings is 1. The van der Waals surface area contributed by atoms with Crippen LogP contribution in [-0.2, 0) is 6.54 Å². The van der Waals surface area contributed by atoms with Crippen LogP contribution in [-0.4, -0.2) is 6.26 Å². The lowest BCUT2D eigenvalue weighted by atomic mass is 10.2. The summed E-state index contributed by atoms with van der Waals surface area (Å²) >= 11 is 3.49. The fraction of sp³-hybridized carbons (Fsp3) is 0.167. The molecule has 0 aliphatic carbocycles. The maximum Gasteiger partial charge on any atom is 0.0451 e. The first-order valence-corrected chi connectivity index (χ1v) is 6.94. The van der Waals surface area contributed by atoms with E-state index in [1.165, 1.54) is 16.1 Å². The van der Waals surface area contributed by atoms with Gasteiger partial charge in [0.1, 0.15) is 0 Å². The summed E-state index contributed by atoms with van der Waals surface area (Å²) in [7, 11) is 0. The molecule has 1 aromatic carbocycles. The Bertz CT molecular complexity index is 392. The maximum absolute atomic E-state index is 3.38. The highest BCUT2D eigenvalue weighted by molar-refractivity contribution is 7.98. The van der Waals surface area contributed by atoms with Crippen molar-refractivity contribution in [3.63, 3.8) is 0 Å². The van der Waals surface area contributed by atoms with Crippen molar-refractivity contribution in [2.45, 2.75) is 11.4 Å². The molecule has 0 fully saturated rings. The summed E-state index contributed by atoms with van der Waals surface area (Å²) in [5.41, 5.74) is 2.52. The third-order valence-electron chi connectivity index (χ3n) is 2.18. The largest absolute Gasteiger partial charge is 0.380 e. The second-order valence-electron chi connectivity index (χ2n) is 3.21. The average molecular weight is 235 g/mol. The molecule has 1 N–H and O–H groups in total. The van der Waals surface area contributed by atoms with E-state index in [1.807, 2.05) is 0 Å². The second kappa shape index (κ2) is 5.24. The smallest absolute Gasteiger partial charge is 0.0451 e. The molecule has 15 heavy (non-hydrogen) atoms. The summed E-state index contributed by atoms with van der Waals surface area (Å²) in [4.78, 5) is 1.31. The SMILES string of the molecule is CSc1ccc(CNc2ccsc2)cc1. The lowest BCUT2D eigenvalue weighted by Crippen LogP contribution is -1.97. The lowest BCUT2D eigenvalue weighted by molar-refractivity contribution is 1.14. The summed E-state index contributed by atoms with van der Waals surface area (Å²) in [6.45, 7) is 0.894. The van der Waals surface area contributed by atoms with Crippen molar-refractivity contribution >= 4 is 28.8 Å². The molecule has 0 aliphatic rings. The van der Waals surface area contributed by atoms with Gasteiger partial charge in [-0.3, -0.25) is 0 Å². The van der Waals surface area contributed by atoms with Gasteiger partial charge in [-0.2, -0.15) is 11.3 Å². The number of benzene rings is 1. The number of hydrogen-bond acceptors (Lipinski definition) is 3. The van der Waals surface area contributed by atoms with Crippen LogP contribution in [0, 0.1) is 0 Å². The minimum Gasteiger partial charge on any atom is -0.380 e. The molecule has 0 spiro atoms. The molecule has 1 aromatic heterocycles. The molecule has 0 aliphatic heterocycles. The summed E-state index contributed by atoms with van der Waals surface area (Å²) in [6, 6.07) is 10.8. The van der Waals surface area contributed by atoms with Crippen LogP contribution in [0.2, 0.25) is 0 Å². The molecule has 0 saturated carbocycles. The molecule has 2 aromatic rings. The maximum atomic E-state index is 3.38. The Morgan fingerprint density at radius 3 is 2.60 bits per heavy atom. The fourth-order valence-corrected chi connectivity index (χ4v) is 2.33. The Morgan fingerprint density at radius 2 is 2.00 bits per heavy atom. The first-order chi connectivity index (χ1) is 7.38. The van der Waals surface area contributed by atoms with Crippen LogP contribution in [0.15, 0.2) is 46.0 Å². The molecule has 0 saturated heterocycles. The predicted octanol–water partition coefficient (Wildman–Crippen LogP) is 4.08.